The summed E-state index contributed by atoms with van der Waals surface area (Å²) in [6.45, 7) is 3.05. The van der Waals surface area contributed by atoms with Gasteiger partial charge in [0.15, 0.2) is 0 Å². The third-order valence-corrected chi connectivity index (χ3v) is 2.16. The normalized spacial score (nSPS) is 10.7. The highest BCUT2D eigenvalue weighted by molar-refractivity contribution is 5.76. The number of hydrogen-bond acceptors (Lipinski definition) is 7. The van der Waals surface area contributed by atoms with Crippen LogP contribution in [0.25, 0.3) is 6.08 Å². The van der Waals surface area contributed by atoms with Crippen LogP contribution in [0.2, 0.25) is 0 Å². The van der Waals surface area contributed by atoms with E-state index in [1.54, 1.807) is 6.92 Å². The van der Waals surface area contributed by atoms with Crippen molar-refractivity contribution in [2.24, 2.45) is 0 Å². The summed E-state index contributed by atoms with van der Waals surface area (Å²) < 4.78 is 14.2. The van der Waals surface area contributed by atoms with Crippen molar-refractivity contribution in [3.63, 3.8) is 0 Å². The largest absolute Gasteiger partial charge is 0.531 e. The molecule has 0 saturated heterocycles. The molecular formula is C12H15N3O7. The van der Waals surface area contributed by atoms with Crippen LogP contribution in [0, 0.1) is 10.1 Å². The number of nitrogens with one attached hydrogen (secondary N) is 1. The summed E-state index contributed by atoms with van der Waals surface area (Å²) in [7, 11) is 0. The van der Waals surface area contributed by atoms with Crippen molar-refractivity contribution < 1.29 is 28.4 Å². The fraction of sp³-hybridized carbons (Fsp3) is 0.333. The molecule has 10 heteroatoms. The standard InChI is InChI=1S/C12H15N3O7/c1-3-20-11(16)13-14(12(17)21-4-2)10(15(18)19)8-9-6-5-7-22-9/h5-8H,3-4H2,1-2H3,(H,13,16)/b10-8+. The summed E-state index contributed by atoms with van der Waals surface area (Å²) in [6, 6.07) is 2.95. The number of hydrogen-bond donors (Lipinski definition) is 1. The Labute approximate surface area is 125 Å². The molecule has 0 spiro atoms. The second kappa shape index (κ2) is 8.29. The Bertz CT molecular complexity index is 553. The van der Waals surface area contributed by atoms with Crippen LogP contribution in [0.4, 0.5) is 9.59 Å². The first-order chi connectivity index (χ1) is 10.5. The summed E-state index contributed by atoms with van der Waals surface area (Å²) in [5, 5.41) is 11.5. The molecule has 22 heavy (non-hydrogen) atoms. The van der Waals surface area contributed by atoms with Crippen molar-refractivity contribution >= 4 is 18.3 Å². The summed E-state index contributed by atoms with van der Waals surface area (Å²) in [4.78, 5) is 33.6. The molecule has 1 rings (SSSR count). The molecule has 0 fully saturated rings. The molecule has 10 nitrogen and oxygen atoms in total. The second-order valence-corrected chi connectivity index (χ2v) is 3.64. The van der Waals surface area contributed by atoms with E-state index in [1.807, 2.05) is 5.43 Å². The fourth-order valence-corrected chi connectivity index (χ4v) is 1.34. The lowest BCUT2D eigenvalue weighted by Crippen LogP contribution is -2.47. The first kappa shape index (κ1) is 17.0. The number of hydrazine groups is 1. The molecule has 1 heterocycles. The molecule has 1 N–H and O–H groups in total. The lowest BCUT2D eigenvalue weighted by atomic mass is 10.4. The van der Waals surface area contributed by atoms with Gasteiger partial charge in [0.25, 0.3) is 0 Å². The van der Waals surface area contributed by atoms with Gasteiger partial charge in [0.2, 0.25) is 0 Å². The summed E-state index contributed by atoms with van der Waals surface area (Å²) in [5.41, 5.74) is 1.94. The average molecular weight is 313 g/mol. The number of rotatable bonds is 5. The smallest absolute Gasteiger partial charge is 0.465 e. The van der Waals surface area contributed by atoms with Crippen molar-refractivity contribution in [2.75, 3.05) is 13.2 Å². The van der Waals surface area contributed by atoms with Gasteiger partial charge in [0.05, 0.1) is 25.6 Å². The van der Waals surface area contributed by atoms with Crippen LogP contribution in [0.1, 0.15) is 19.6 Å². The second-order valence-electron chi connectivity index (χ2n) is 3.64. The highest BCUT2D eigenvalue weighted by Crippen LogP contribution is 2.12. The first-order valence-corrected chi connectivity index (χ1v) is 6.29. The highest BCUT2D eigenvalue weighted by atomic mass is 16.6. The molecule has 2 amide bonds. The number of nitrogens with zero attached hydrogens (tertiary/aromatic N) is 2. The fourth-order valence-electron chi connectivity index (χ4n) is 1.34. The monoisotopic (exact) mass is 313 g/mol. The quantitative estimate of drug-likeness (QED) is 0.650. The average Bonchev–Trinajstić information content (AvgIpc) is 2.96. The van der Waals surface area contributed by atoms with Crippen molar-refractivity contribution in [3.05, 3.63) is 40.1 Å². The van der Waals surface area contributed by atoms with Gasteiger partial charge in [0, 0.05) is 0 Å². The minimum atomic E-state index is -1.13. The Morgan fingerprint density at radius 1 is 1.41 bits per heavy atom. The minimum absolute atomic E-state index is 0.0260. The predicted octanol–water partition coefficient (Wildman–Crippen LogP) is 1.97. The lowest BCUT2D eigenvalue weighted by molar-refractivity contribution is -0.443. The summed E-state index contributed by atoms with van der Waals surface area (Å²) >= 11 is 0. The van der Waals surface area contributed by atoms with E-state index in [-0.39, 0.29) is 19.0 Å². The molecule has 0 aliphatic heterocycles. The Hall–Kier alpha value is -3.04. The number of furan rings is 1. The highest BCUT2D eigenvalue weighted by Gasteiger charge is 2.34. The summed E-state index contributed by atoms with van der Waals surface area (Å²) in [6.07, 6.45) is 0.0906. The number of amides is 2. The van der Waals surface area contributed by atoms with Crippen LogP contribution in [-0.4, -0.2) is 35.3 Å². The zero-order valence-electron chi connectivity index (χ0n) is 12.0. The van der Waals surface area contributed by atoms with Gasteiger partial charge in [-0.2, -0.15) is 4.79 Å². The number of ether oxygens (including phenoxy) is 2. The van der Waals surface area contributed by atoms with E-state index in [0.29, 0.717) is 5.01 Å². The molecule has 0 saturated carbocycles. The maximum Gasteiger partial charge on any atom is 0.531 e. The topological polar surface area (TPSA) is 124 Å². The van der Waals surface area contributed by atoms with Gasteiger partial charge >= 0.3 is 18.0 Å². The van der Waals surface area contributed by atoms with E-state index in [1.165, 1.54) is 25.3 Å². The van der Waals surface area contributed by atoms with Crippen LogP contribution < -0.4 is 5.43 Å². The van der Waals surface area contributed by atoms with Crippen LogP contribution in [0.5, 0.6) is 0 Å². The number of carbonyl (C=O) groups excluding carboxylic acids is 2. The van der Waals surface area contributed by atoms with Crippen molar-refractivity contribution in [1.82, 2.24) is 10.4 Å². The third-order valence-electron chi connectivity index (χ3n) is 2.16. The van der Waals surface area contributed by atoms with Gasteiger partial charge in [-0.1, -0.05) is 0 Å². The first-order valence-electron chi connectivity index (χ1n) is 6.29. The zero-order valence-corrected chi connectivity index (χ0v) is 12.0. The van der Waals surface area contributed by atoms with Crippen LogP contribution in [-0.2, 0) is 9.47 Å². The van der Waals surface area contributed by atoms with Crippen molar-refractivity contribution in [1.29, 1.82) is 0 Å². The molecule has 120 valence electrons. The van der Waals surface area contributed by atoms with Crippen molar-refractivity contribution in [3.8, 4) is 0 Å². The Balaban J connectivity index is 3.11. The molecule has 0 atom stereocenters. The molecule has 0 unspecified atom stereocenters. The molecule has 1 aromatic heterocycles. The van der Waals surface area contributed by atoms with Gasteiger partial charge in [-0.25, -0.2) is 4.79 Å². The summed E-state index contributed by atoms with van der Waals surface area (Å²) in [5.74, 6) is -0.645. The molecular weight excluding hydrogens is 298 g/mol. The molecule has 1 aromatic rings. The lowest BCUT2D eigenvalue weighted by Gasteiger charge is -2.15. The van der Waals surface area contributed by atoms with Crippen LogP contribution in [0.15, 0.2) is 28.6 Å². The van der Waals surface area contributed by atoms with E-state index in [4.69, 9.17) is 4.42 Å². The Kier molecular flexibility index (Phi) is 6.41. The van der Waals surface area contributed by atoms with E-state index >= 15 is 0 Å². The van der Waals surface area contributed by atoms with Gasteiger partial charge < -0.3 is 24.0 Å². The molecule has 0 radical (unpaired) electrons. The van der Waals surface area contributed by atoms with Gasteiger partial charge in [-0.3, -0.25) is 0 Å². The third kappa shape index (κ3) is 4.81. The van der Waals surface area contributed by atoms with E-state index in [9.17, 15) is 19.7 Å². The maximum atomic E-state index is 11.8. The Morgan fingerprint density at radius 2 is 2.09 bits per heavy atom. The van der Waals surface area contributed by atoms with E-state index < -0.39 is 22.9 Å². The number of nitro groups is 1. The number of carbonyl (C=O) groups is 2. The van der Waals surface area contributed by atoms with Gasteiger partial charge in [0.1, 0.15) is 5.76 Å². The van der Waals surface area contributed by atoms with Crippen LogP contribution >= 0.6 is 0 Å². The zero-order chi connectivity index (χ0) is 16.5. The molecule has 0 aromatic carbocycles. The van der Waals surface area contributed by atoms with Crippen molar-refractivity contribution in [2.45, 2.75) is 13.8 Å². The SMILES string of the molecule is CCOC(=O)NN(C(=O)OCC)/C(=C\c1ccco1)[N+](=O)[O-]. The maximum absolute atomic E-state index is 11.8. The molecule has 0 aliphatic carbocycles. The Morgan fingerprint density at radius 3 is 2.59 bits per heavy atom. The van der Waals surface area contributed by atoms with Crippen LogP contribution in [0.3, 0.4) is 0 Å². The van der Waals surface area contributed by atoms with Gasteiger partial charge in [-0.05, 0) is 35.9 Å². The minimum Gasteiger partial charge on any atom is -0.465 e. The van der Waals surface area contributed by atoms with E-state index in [2.05, 4.69) is 9.47 Å². The molecule has 0 aliphatic rings. The van der Waals surface area contributed by atoms with Gasteiger partial charge in [-0.15, -0.1) is 5.43 Å². The van der Waals surface area contributed by atoms with E-state index in [0.717, 1.165) is 6.08 Å². The predicted molar refractivity (Wildman–Crippen MR) is 72.7 cm³/mol. The molecule has 0 bridgehead atoms.